The normalized spacial score (nSPS) is 9.85. The van der Waals surface area contributed by atoms with Crippen molar-refractivity contribution in [3.63, 3.8) is 0 Å². The second kappa shape index (κ2) is 5.83. The number of ether oxygens (including phenoxy) is 1. The average Bonchev–Trinajstić information content (AvgIpc) is 2.47. The molecule has 20 heavy (non-hydrogen) atoms. The van der Waals surface area contributed by atoms with Gasteiger partial charge in [0.2, 0.25) is 0 Å². The summed E-state index contributed by atoms with van der Waals surface area (Å²) in [5.74, 6) is -0.846. The number of carbonyl (C=O) groups is 2. The van der Waals surface area contributed by atoms with Crippen molar-refractivity contribution in [1.29, 1.82) is 0 Å². The van der Waals surface area contributed by atoms with Gasteiger partial charge in [0, 0.05) is 17.8 Å². The van der Waals surface area contributed by atoms with Crippen molar-refractivity contribution in [2.45, 2.75) is 0 Å². The molecule has 2 rings (SSSR count). The van der Waals surface area contributed by atoms with Crippen LogP contribution in [0.3, 0.4) is 0 Å². The molecule has 102 valence electrons. The minimum atomic E-state index is -0.479. The van der Waals surface area contributed by atoms with Crippen LogP contribution in [0.25, 0.3) is 0 Å². The van der Waals surface area contributed by atoms with E-state index in [1.54, 1.807) is 18.2 Å². The molecule has 1 heterocycles. The van der Waals surface area contributed by atoms with E-state index in [4.69, 9.17) is 0 Å². The molecule has 6 heteroatoms. The van der Waals surface area contributed by atoms with E-state index >= 15 is 0 Å². The lowest BCUT2D eigenvalue weighted by molar-refractivity contribution is -0.605. The van der Waals surface area contributed by atoms with E-state index in [1.165, 1.54) is 37.7 Å². The van der Waals surface area contributed by atoms with Crippen LogP contribution in [-0.2, 0) is 4.74 Å². The van der Waals surface area contributed by atoms with E-state index in [0.717, 1.165) is 0 Å². The van der Waals surface area contributed by atoms with E-state index in [0.29, 0.717) is 21.5 Å². The van der Waals surface area contributed by atoms with Gasteiger partial charge in [0.15, 0.2) is 12.4 Å². The van der Waals surface area contributed by atoms with E-state index in [9.17, 15) is 14.8 Å². The highest BCUT2D eigenvalue weighted by molar-refractivity contribution is 6.04. The molecule has 0 atom stereocenters. The van der Waals surface area contributed by atoms with Crippen molar-refractivity contribution in [2.24, 2.45) is 0 Å². The highest BCUT2D eigenvalue weighted by atomic mass is 16.5. The molecule has 0 aliphatic rings. The minimum Gasteiger partial charge on any atom is -0.619 e. The Balaban J connectivity index is 2.15. The number of carbonyl (C=O) groups excluding carboxylic acids is 2. The largest absolute Gasteiger partial charge is 0.619 e. The van der Waals surface area contributed by atoms with Gasteiger partial charge in [-0.1, -0.05) is 6.07 Å². The summed E-state index contributed by atoms with van der Waals surface area (Å²) in [6.07, 6.45) is 2.47. The Kier molecular flexibility index (Phi) is 3.95. The molecule has 1 N–H and O–H groups in total. The Morgan fingerprint density at radius 2 is 1.85 bits per heavy atom. The van der Waals surface area contributed by atoms with Crippen molar-refractivity contribution in [3.8, 4) is 0 Å². The van der Waals surface area contributed by atoms with Gasteiger partial charge < -0.3 is 15.3 Å². The fourth-order valence-corrected chi connectivity index (χ4v) is 1.61. The van der Waals surface area contributed by atoms with Crippen LogP contribution in [0.4, 0.5) is 5.69 Å². The molecule has 0 bridgehead atoms. The summed E-state index contributed by atoms with van der Waals surface area (Å²) in [7, 11) is 1.29. The first-order chi connectivity index (χ1) is 9.60. The van der Waals surface area contributed by atoms with E-state index in [-0.39, 0.29) is 5.91 Å². The van der Waals surface area contributed by atoms with Gasteiger partial charge in [0.1, 0.15) is 0 Å². The number of pyridine rings is 1. The van der Waals surface area contributed by atoms with Gasteiger partial charge in [-0.25, -0.2) is 4.79 Å². The number of nitrogens with zero attached hydrogens (tertiary/aromatic N) is 1. The Morgan fingerprint density at radius 1 is 1.15 bits per heavy atom. The fraction of sp³-hybridized carbons (Fsp3) is 0.0714. The molecule has 0 aliphatic carbocycles. The van der Waals surface area contributed by atoms with Gasteiger partial charge in [-0.3, -0.25) is 4.79 Å². The Morgan fingerprint density at radius 3 is 2.50 bits per heavy atom. The van der Waals surface area contributed by atoms with Gasteiger partial charge in [-0.05, 0) is 18.2 Å². The molecule has 2 aromatic rings. The molecule has 1 aromatic carbocycles. The highest BCUT2D eigenvalue weighted by Gasteiger charge is 2.09. The molecular formula is C14H12N2O4. The monoisotopic (exact) mass is 272 g/mol. The van der Waals surface area contributed by atoms with Crippen LogP contribution in [0.15, 0.2) is 48.8 Å². The third-order valence-electron chi connectivity index (χ3n) is 2.61. The van der Waals surface area contributed by atoms with Gasteiger partial charge in [-0.2, -0.15) is 4.73 Å². The van der Waals surface area contributed by atoms with Crippen molar-refractivity contribution < 1.29 is 19.1 Å². The summed E-state index contributed by atoms with van der Waals surface area (Å²) >= 11 is 0. The molecule has 1 amide bonds. The van der Waals surface area contributed by atoms with Crippen LogP contribution >= 0.6 is 0 Å². The summed E-state index contributed by atoms with van der Waals surface area (Å²) in [4.78, 5) is 23.3. The van der Waals surface area contributed by atoms with Crippen molar-refractivity contribution >= 4 is 17.6 Å². The van der Waals surface area contributed by atoms with Crippen LogP contribution in [0.2, 0.25) is 0 Å². The second-order valence-electron chi connectivity index (χ2n) is 3.97. The number of esters is 1. The molecule has 1 aromatic heterocycles. The molecule has 0 saturated carbocycles. The molecule has 0 spiro atoms. The lowest BCUT2D eigenvalue weighted by atomic mass is 10.2. The summed E-state index contributed by atoms with van der Waals surface area (Å²) < 4.78 is 5.20. The predicted molar refractivity (Wildman–Crippen MR) is 71.1 cm³/mol. The number of hydrogen-bond donors (Lipinski definition) is 1. The Hall–Kier alpha value is -2.89. The third kappa shape index (κ3) is 3.11. The fourth-order valence-electron chi connectivity index (χ4n) is 1.61. The third-order valence-corrected chi connectivity index (χ3v) is 2.61. The smallest absolute Gasteiger partial charge is 0.337 e. The number of benzene rings is 1. The highest BCUT2D eigenvalue weighted by Crippen LogP contribution is 2.12. The molecular weight excluding hydrogens is 260 g/mol. The number of anilines is 1. The summed E-state index contributed by atoms with van der Waals surface area (Å²) in [6, 6.07) is 9.21. The van der Waals surface area contributed by atoms with Crippen molar-refractivity contribution in [3.05, 3.63) is 65.1 Å². The van der Waals surface area contributed by atoms with Gasteiger partial charge in [0.05, 0.1) is 18.2 Å². The van der Waals surface area contributed by atoms with Crippen LogP contribution in [0, 0.1) is 5.21 Å². The molecule has 0 radical (unpaired) electrons. The van der Waals surface area contributed by atoms with E-state index < -0.39 is 5.97 Å². The average molecular weight is 272 g/mol. The van der Waals surface area contributed by atoms with Crippen molar-refractivity contribution in [2.75, 3.05) is 12.4 Å². The molecule has 6 nitrogen and oxygen atoms in total. The summed E-state index contributed by atoms with van der Waals surface area (Å²) in [5, 5.41) is 13.5. The topological polar surface area (TPSA) is 82.3 Å². The standard InChI is InChI=1S/C14H12N2O4/c1-20-14(18)11-3-2-4-12(9-11)15-13(17)10-5-7-16(19)8-6-10/h2-9H,1H3,(H,15,17). The zero-order chi connectivity index (χ0) is 14.5. The molecule has 0 fully saturated rings. The zero-order valence-electron chi connectivity index (χ0n) is 10.7. The first kappa shape index (κ1) is 13.5. The predicted octanol–water partition coefficient (Wildman–Crippen LogP) is 1.36. The van der Waals surface area contributed by atoms with Crippen LogP contribution in [0.1, 0.15) is 20.7 Å². The van der Waals surface area contributed by atoms with Crippen LogP contribution in [-0.4, -0.2) is 19.0 Å². The number of nitrogens with one attached hydrogen (secondary N) is 1. The number of amides is 1. The molecule has 0 aliphatic heterocycles. The maximum absolute atomic E-state index is 11.9. The lowest BCUT2D eigenvalue weighted by Crippen LogP contribution is -2.25. The van der Waals surface area contributed by atoms with Crippen molar-refractivity contribution in [1.82, 2.24) is 0 Å². The Bertz CT molecular complexity index is 638. The second-order valence-corrected chi connectivity index (χ2v) is 3.97. The van der Waals surface area contributed by atoms with E-state index in [1.807, 2.05) is 0 Å². The number of hydrogen-bond acceptors (Lipinski definition) is 4. The van der Waals surface area contributed by atoms with E-state index in [2.05, 4.69) is 10.1 Å². The quantitative estimate of drug-likeness (QED) is 0.519. The zero-order valence-corrected chi connectivity index (χ0v) is 10.7. The van der Waals surface area contributed by atoms with Crippen LogP contribution < -0.4 is 10.0 Å². The maximum Gasteiger partial charge on any atom is 0.337 e. The summed E-state index contributed by atoms with van der Waals surface area (Å²) in [6.45, 7) is 0. The first-order valence-corrected chi connectivity index (χ1v) is 5.78. The van der Waals surface area contributed by atoms with Gasteiger partial charge >= 0.3 is 5.97 Å². The number of methoxy groups -OCH3 is 1. The number of rotatable bonds is 3. The molecule has 0 unspecified atom stereocenters. The van der Waals surface area contributed by atoms with Crippen LogP contribution in [0.5, 0.6) is 0 Å². The minimum absolute atomic E-state index is 0.343. The maximum atomic E-state index is 11.9. The molecule has 0 saturated heterocycles. The summed E-state index contributed by atoms with van der Waals surface area (Å²) in [5.41, 5.74) is 1.16. The Labute approximate surface area is 115 Å². The van der Waals surface area contributed by atoms with Gasteiger partial charge in [-0.15, -0.1) is 0 Å². The first-order valence-electron chi connectivity index (χ1n) is 5.78. The van der Waals surface area contributed by atoms with Gasteiger partial charge in [0.25, 0.3) is 5.91 Å². The SMILES string of the molecule is COC(=O)c1cccc(NC(=O)c2cc[n+]([O-])cc2)c1. The lowest BCUT2D eigenvalue weighted by Gasteiger charge is -2.06. The number of aromatic nitrogens is 1.